The minimum Gasteiger partial charge on any atom is -0.481 e. The minimum atomic E-state index is -3.63. The van der Waals surface area contributed by atoms with E-state index in [0.29, 0.717) is 19.8 Å². The Kier molecular flexibility index (Phi) is 6.79. The number of hydrogen-bond acceptors (Lipinski definition) is 5. The summed E-state index contributed by atoms with van der Waals surface area (Å²) in [5.74, 6) is -0.957. The van der Waals surface area contributed by atoms with Crippen molar-refractivity contribution in [1.29, 1.82) is 0 Å². The maximum atomic E-state index is 12.4. The van der Waals surface area contributed by atoms with Gasteiger partial charge in [0.05, 0.1) is 25.8 Å². The van der Waals surface area contributed by atoms with Crippen LogP contribution in [0.5, 0.6) is 0 Å². The maximum absolute atomic E-state index is 12.4. The third-order valence-corrected chi connectivity index (χ3v) is 4.77. The zero-order valence-electron chi connectivity index (χ0n) is 12.2. The first-order valence-corrected chi connectivity index (χ1v) is 8.18. The van der Waals surface area contributed by atoms with Crippen LogP contribution in [0.3, 0.4) is 0 Å². The average Bonchev–Trinajstić information content (AvgIpc) is 2.90. The van der Waals surface area contributed by atoms with E-state index in [1.165, 1.54) is 21.4 Å². The van der Waals surface area contributed by atoms with Crippen molar-refractivity contribution < 1.29 is 23.1 Å². The molecule has 0 bridgehead atoms. The SMILES string of the molecule is CCOCCN(CC)S(=O)(=O)c1cnn(CCC(=O)O)c1. The van der Waals surface area contributed by atoms with Crippen LogP contribution < -0.4 is 0 Å². The van der Waals surface area contributed by atoms with E-state index in [0.717, 1.165) is 0 Å². The van der Waals surface area contributed by atoms with Gasteiger partial charge in [0.25, 0.3) is 0 Å². The van der Waals surface area contributed by atoms with E-state index < -0.39 is 16.0 Å². The molecule has 0 aliphatic rings. The zero-order valence-corrected chi connectivity index (χ0v) is 13.0. The van der Waals surface area contributed by atoms with E-state index in [9.17, 15) is 13.2 Å². The van der Waals surface area contributed by atoms with Crippen LogP contribution in [0, 0.1) is 0 Å². The van der Waals surface area contributed by atoms with E-state index in [2.05, 4.69) is 5.10 Å². The summed E-state index contributed by atoms with van der Waals surface area (Å²) < 4.78 is 32.6. The summed E-state index contributed by atoms with van der Waals surface area (Å²) in [7, 11) is -3.63. The van der Waals surface area contributed by atoms with Crippen molar-refractivity contribution in [3.8, 4) is 0 Å². The first kappa shape index (κ1) is 17.6. The van der Waals surface area contributed by atoms with Gasteiger partial charge in [-0.15, -0.1) is 0 Å². The Bertz CT molecular complexity index is 555. The Hall–Kier alpha value is -1.45. The number of hydrogen-bond donors (Lipinski definition) is 1. The molecule has 0 fully saturated rings. The molecule has 0 amide bonds. The molecule has 0 spiro atoms. The quantitative estimate of drug-likeness (QED) is 0.627. The van der Waals surface area contributed by atoms with Gasteiger partial charge in [0.15, 0.2) is 0 Å². The summed E-state index contributed by atoms with van der Waals surface area (Å²) in [5.41, 5.74) is 0. The van der Waals surface area contributed by atoms with Crippen molar-refractivity contribution in [2.75, 3.05) is 26.3 Å². The number of sulfonamides is 1. The molecule has 0 aliphatic heterocycles. The van der Waals surface area contributed by atoms with Crippen LogP contribution in [0.1, 0.15) is 20.3 Å². The van der Waals surface area contributed by atoms with Gasteiger partial charge in [0, 0.05) is 25.9 Å². The van der Waals surface area contributed by atoms with E-state index in [1.54, 1.807) is 6.92 Å². The number of rotatable bonds is 10. The molecule has 1 N–H and O–H groups in total. The van der Waals surface area contributed by atoms with Gasteiger partial charge < -0.3 is 9.84 Å². The van der Waals surface area contributed by atoms with Crippen LogP contribution in [0.15, 0.2) is 17.3 Å². The Balaban J connectivity index is 2.78. The van der Waals surface area contributed by atoms with Crippen LogP contribution in [-0.2, 0) is 26.1 Å². The maximum Gasteiger partial charge on any atom is 0.305 e. The van der Waals surface area contributed by atoms with Crippen molar-refractivity contribution in [2.24, 2.45) is 0 Å². The summed E-state index contributed by atoms with van der Waals surface area (Å²) in [6.45, 7) is 5.19. The molecule has 120 valence electrons. The molecule has 1 aromatic heterocycles. The topological polar surface area (TPSA) is 102 Å². The first-order valence-electron chi connectivity index (χ1n) is 6.74. The van der Waals surface area contributed by atoms with E-state index >= 15 is 0 Å². The highest BCUT2D eigenvalue weighted by Gasteiger charge is 2.24. The molecule has 9 heteroatoms. The molecule has 1 aromatic rings. The van der Waals surface area contributed by atoms with Gasteiger partial charge >= 0.3 is 5.97 Å². The number of carbonyl (C=O) groups is 1. The Morgan fingerprint density at radius 3 is 2.76 bits per heavy atom. The normalized spacial score (nSPS) is 12.0. The average molecular weight is 319 g/mol. The fourth-order valence-electron chi connectivity index (χ4n) is 1.72. The van der Waals surface area contributed by atoms with E-state index in [1.807, 2.05) is 6.92 Å². The van der Waals surface area contributed by atoms with Gasteiger partial charge in [-0.1, -0.05) is 6.92 Å². The summed E-state index contributed by atoms with van der Waals surface area (Å²) in [4.78, 5) is 10.6. The number of carboxylic acid groups (broad SMARTS) is 1. The van der Waals surface area contributed by atoms with Crippen molar-refractivity contribution in [1.82, 2.24) is 14.1 Å². The molecule has 0 unspecified atom stereocenters. The second-order valence-electron chi connectivity index (χ2n) is 4.28. The second kappa shape index (κ2) is 8.11. The molecular weight excluding hydrogens is 298 g/mol. The number of aliphatic carboxylic acids is 1. The van der Waals surface area contributed by atoms with E-state index in [4.69, 9.17) is 9.84 Å². The fourth-order valence-corrected chi connectivity index (χ4v) is 3.11. The number of ether oxygens (including phenoxy) is 1. The van der Waals surface area contributed by atoms with Crippen molar-refractivity contribution in [3.63, 3.8) is 0 Å². The molecule has 1 rings (SSSR count). The number of carboxylic acids is 1. The molecule has 0 saturated carbocycles. The molecule has 0 aliphatic carbocycles. The van der Waals surface area contributed by atoms with Crippen LogP contribution in [-0.4, -0.2) is 59.9 Å². The summed E-state index contributed by atoms with van der Waals surface area (Å²) in [6.07, 6.45) is 2.48. The lowest BCUT2D eigenvalue weighted by atomic mass is 10.4. The molecule has 1 heterocycles. The predicted octanol–water partition coefficient (Wildman–Crippen LogP) is 0.405. The summed E-state index contributed by atoms with van der Waals surface area (Å²) >= 11 is 0. The number of aromatic nitrogens is 2. The fraction of sp³-hybridized carbons (Fsp3) is 0.667. The lowest BCUT2D eigenvalue weighted by Crippen LogP contribution is -2.33. The lowest BCUT2D eigenvalue weighted by molar-refractivity contribution is -0.137. The number of likely N-dealkylation sites (N-methyl/N-ethyl adjacent to an activating group) is 1. The van der Waals surface area contributed by atoms with Crippen molar-refractivity contribution in [3.05, 3.63) is 12.4 Å². The van der Waals surface area contributed by atoms with Crippen LogP contribution in [0.4, 0.5) is 0 Å². The van der Waals surface area contributed by atoms with Gasteiger partial charge in [-0.25, -0.2) is 8.42 Å². The minimum absolute atomic E-state index is 0.0613. The first-order chi connectivity index (χ1) is 9.91. The molecule has 0 saturated heterocycles. The molecule has 21 heavy (non-hydrogen) atoms. The molecular formula is C12H21N3O5S. The standard InChI is InChI=1S/C12H21N3O5S/c1-3-15(7-8-20-4-2)21(18,19)11-9-13-14(10-11)6-5-12(16)17/h9-10H,3-8H2,1-2H3,(H,16,17). The van der Waals surface area contributed by atoms with Gasteiger partial charge in [0.1, 0.15) is 4.90 Å². The Morgan fingerprint density at radius 2 is 2.19 bits per heavy atom. The molecule has 0 radical (unpaired) electrons. The van der Waals surface area contributed by atoms with Gasteiger partial charge in [-0.05, 0) is 6.92 Å². The predicted molar refractivity (Wildman–Crippen MR) is 75.4 cm³/mol. The Labute approximate surface area is 124 Å². The summed E-state index contributed by atoms with van der Waals surface area (Å²) in [5, 5.41) is 12.5. The van der Waals surface area contributed by atoms with Gasteiger partial charge in [0.2, 0.25) is 10.0 Å². The second-order valence-corrected chi connectivity index (χ2v) is 6.21. The third-order valence-electron chi connectivity index (χ3n) is 2.84. The number of aryl methyl sites for hydroxylation is 1. The van der Waals surface area contributed by atoms with Crippen LogP contribution >= 0.6 is 0 Å². The third kappa shape index (κ3) is 5.10. The molecule has 8 nitrogen and oxygen atoms in total. The van der Waals surface area contributed by atoms with Gasteiger partial charge in [-0.2, -0.15) is 9.40 Å². The van der Waals surface area contributed by atoms with Crippen LogP contribution in [0.25, 0.3) is 0 Å². The largest absolute Gasteiger partial charge is 0.481 e. The lowest BCUT2D eigenvalue weighted by Gasteiger charge is -2.19. The number of nitrogens with zero attached hydrogens (tertiary/aromatic N) is 3. The zero-order chi connectivity index (χ0) is 15.9. The summed E-state index contributed by atoms with van der Waals surface area (Å²) in [6, 6.07) is 0. The molecule has 0 aromatic carbocycles. The smallest absolute Gasteiger partial charge is 0.305 e. The van der Waals surface area contributed by atoms with Crippen molar-refractivity contribution >= 4 is 16.0 Å². The Morgan fingerprint density at radius 1 is 1.48 bits per heavy atom. The molecule has 0 atom stereocenters. The van der Waals surface area contributed by atoms with Crippen LogP contribution in [0.2, 0.25) is 0 Å². The van der Waals surface area contributed by atoms with Crippen molar-refractivity contribution in [2.45, 2.75) is 31.7 Å². The van der Waals surface area contributed by atoms with E-state index in [-0.39, 0.29) is 24.4 Å². The highest BCUT2D eigenvalue weighted by Crippen LogP contribution is 2.14. The highest BCUT2D eigenvalue weighted by molar-refractivity contribution is 7.89. The monoisotopic (exact) mass is 319 g/mol. The van der Waals surface area contributed by atoms with Gasteiger partial charge in [-0.3, -0.25) is 9.48 Å². The highest BCUT2D eigenvalue weighted by atomic mass is 32.2.